The zero-order valence-electron chi connectivity index (χ0n) is 11.5. The first-order valence-corrected chi connectivity index (χ1v) is 6.98. The Labute approximate surface area is 117 Å². The van der Waals surface area contributed by atoms with Crippen LogP contribution in [-0.4, -0.2) is 54.4 Å². The number of alkyl halides is 2. The van der Waals surface area contributed by atoms with Gasteiger partial charge >= 0.3 is 0 Å². The summed E-state index contributed by atoms with van der Waals surface area (Å²) < 4.78 is 25.5. The summed E-state index contributed by atoms with van der Waals surface area (Å²) in [6.07, 6.45) is 0. The molecule has 1 aromatic carbocycles. The van der Waals surface area contributed by atoms with Gasteiger partial charge < -0.3 is 9.80 Å². The van der Waals surface area contributed by atoms with Crippen molar-refractivity contribution in [3.05, 3.63) is 35.4 Å². The first-order chi connectivity index (χ1) is 9.48. The third-order valence-corrected chi connectivity index (χ3v) is 4.17. The standard InChI is InChI=1S/C15H18F2N2O/c1-2-18-7-13(8-18)11-3-5-12(6-4-11)14(20)19-9-15(16,17)10-19/h3-6,13H,2,7-10H2,1H3. The molecule has 0 spiro atoms. The average molecular weight is 280 g/mol. The number of carbonyl (C=O) groups excluding carboxylic acids is 1. The maximum Gasteiger partial charge on any atom is 0.282 e. The number of carbonyl (C=O) groups is 1. The van der Waals surface area contributed by atoms with Crippen molar-refractivity contribution in [1.82, 2.24) is 9.80 Å². The molecule has 2 fully saturated rings. The van der Waals surface area contributed by atoms with Crippen molar-refractivity contribution in [3.8, 4) is 0 Å². The van der Waals surface area contributed by atoms with Crippen LogP contribution in [0.1, 0.15) is 28.8 Å². The number of hydrogen-bond acceptors (Lipinski definition) is 2. The molecule has 1 aromatic rings. The van der Waals surface area contributed by atoms with Gasteiger partial charge in [-0.15, -0.1) is 0 Å². The van der Waals surface area contributed by atoms with E-state index < -0.39 is 19.0 Å². The van der Waals surface area contributed by atoms with Crippen molar-refractivity contribution in [2.45, 2.75) is 18.8 Å². The van der Waals surface area contributed by atoms with Gasteiger partial charge in [0.25, 0.3) is 11.8 Å². The van der Waals surface area contributed by atoms with Crippen molar-refractivity contribution < 1.29 is 13.6 Å². The van der Waals surface area contributed by atoms with E-state index in [1.165, 1.54) is 10.5 Å². The lowest BCUT2D eigenvalue weighted by atomic mass is 9.91. The molecule has 0 aliphatic carbocycles. The van der Waals surface area contributed by atoms with E-state index in [4.69, 9.17) is 0 Å². The SMILES string of the molecule is CCN1CC(c2ccc(C(=O)N3CC(F)(F)C3)cc2)C1. The van der Waals surface area contributed by atoms with E-state index in [1.54, 1.807) is 12.1 Å². The van der Waals surface area contributed by atoms with Crippen molar-refractivity contribution >= 4 is 5.91 Å². The first kappa shape index (κ1) is 13.5. The Balaban J connectivity index is 1.61. The summed E-state index contributed by atoms with van der Waals surface area (Å²) in [5, 5.41) is 0. The second-order valence-corrected chi connectivity index (χ2v) is 5.69. The van der Waals surface area contributed by atoms with Gasteiger partial charge in [-0.2, -0.15) is 0 Å². The smallest absolute Gasteiger partial charge is 0.282 e. The summed E-state index contributed by atoms with van der Waals surface area (Å²) in [6, 6.07) is 7.40. The van der Waals surface area contributed by atoms with Crippen LogP contribution in [0.3, 0.4) is 0 Å². The van der Waals surface area contributed by atoms with E-state index in [0.29, 0.717) is 11.5 Å². The fourth-order valence-corrected chi connectivity index (χ4v) is 2.78. The van der Waals surface area contributed by atoms with E-state index in [0.717, 1.165) is 19.6 Å². The van der Waals surface area contributed by atoms with Crippen molar-refractivity contribution in [2.24, 2.45) is 0 Å². The molecule has 3 nitrogen and oxygen atoms in total. The zero-order valence-corrected chi connectivity index (χ0v) is 11.5. The fraction of sp³-hybridized carbons (Fsp3) is 0.533. The number of nitrogens with zero attached hydrogens (tertiary/aromatic N) is 2. The lowest BCUT2D eigenvalue weighted by Crippen LogP contribution is -2.58. The molecule has 2 saturated heterocycles. The summed E-state index contributed by atoms with van der Waals surface area (Å²) in [7, 11) is 0. The molecule has 0 atom stereocenters. The van der Waals surface area contributed by atoms with Crippen LogP contribution in [0.25, 0.3) is 0 Å². The second-order valence-electron chi connectivity index (χ2n) is 5.69. The van der Waals surface area contributed by atoms with E-state index in [1.807, 2.05) is 12.1 Å². The van der Waals surface area contributed by atoms with Crippen LogP contribution < -0.4 is 0 Å². The quantitative estimate of drug-likeness (QED) is 0.847. The van der Waals surface area contributed by atoms with Crippen LogP contribution in [-0.2, 0) is 0 Å². The topological polar surface area (TPSA) is 23.6 Å². The summed E-state index contributed by atoms with van der Waals surface area (Å²) in [6.45, 7) is 4.41. The van der Waals surface area contributed by atoms with Gasteiger partial charge in [-0.1, -0.05) is 19.1 Å². The van der Waals surface area contributed by atoms with Gasteiger partial charge in [0.05, 0.1) is 13.1 Å². The highest BCUT2D eigenvalue weighted by molar-refractivity contribution is 5.94. The first-order valence-electron chi connectivity index (χ1n) is 6.98. The monoisotopic (exact) mass is 280 g/mol. The third kappa shape index (κ3) is 2.42. The van der Waals surface area contributed by atoms with Gasteiger partial charge in [0.2, 0.25) is 0 Å². The van der Waals surface area contributed by atoms with Gasteiger partial charge in [-0.25, -0.2) is 8.78 Å². The number of likely N-dealkylation sites (N-methyl/N-ethyl adjacent to an activating group) is 1. The Hall–Kier alpha value is -1.49. The van der Waals surface area contributed by atoms with Crippen LogP contribution in [0.4, 0.5) is 8.78 Å². The average Bonchev–Trinajstić information content (AvgIpc) is 2.34. The summed E-state index contributed by atoms with van der Waals surface area (Å²) >= 11 is 0. The molecule has 108 valence electrons. The van der Waals surface area contributed by atoms with Crippen LogP contribution in [0.15, 0.2) is 24.3 Å². The predicted octanol–water partition coefficient (Wildman–Crippen LogP) is 2.20. The van der Waals surface area contributed by atoms with Crippen LogP contribution in [0, 0.1) is 0 Å². The highest BCUT2D eigenvalue weighted by Crippen LogP contribution is 2.29. The largest absolute Gasteiger partial charge is 0.326 e. The Bertz CT molecular complexity index is 501. The highest BCUT2D eigenvalue weighted by atomic mass is 19.3. The molecular weight excluding hydrogens is 262 g/mol. The lowest BCUT2D eigenvalue weighted by molar-refractivity contribution is -0.113. The molecule has 0 N–H and O–H groups in total. The van der Waals surface area contributed by atoms with E-state index in [2.05, 4.69) is 11.8 Å². The van der Waals surface area contributed by atoms with E-state index >= 15 is 0 Å². The van der Waals surface area contributed by atoms with Crippen molar-refractivity contribution in [1.29, 1.82) is 0 Å². The van der Waals surface area contributed by atoms with Gasteiger partial charge in [-0.05, 0) is 24.2 Å². The Morgan fingerprint density at radius 2 is 1.85 bits per heavy atom. The fourth-order valence-electron chi connectivity index (χ4n) is 2.78. The molecule has 3 rings (SSSR count). The summed E-state index contributed by atoms with van der Waals surface area (Å²) in [4.78, 5) is 15.5. The van der Waals surface area contributed by atoms with Gasteiger partial charge in [-0.3, -0.25) is 4.79 Å². The van der Waals surface area contributed by atoms with Crippen LogP contribution in [0.2, 0.25) is 0 Å². The predicted molar refractivity (Wildman–Crippen MR) is 72.1 cm³/mol. The number of hydrogen-bond donors (Lipinski definition) is 0. The third-order valence-electron chi connectivity index (χ3n) is 4.17. The molecule has 0 radical (unpaired) electrons. The second kappa shape index (κ2) is 4.81. The van der Waals surface area contributed by atoms with Gasteiger partial charge in [0, 0.05) is 24.6 Å². The van der Waals surface area contributed by atoms with Crippen molar-refractivity contribution in [2.75, 3.05) is 32.7 Å². The molecular formula is C15H18F2N2O. The van der Waals surface area contributed by atoms with Crippen LogP contribution >= 0.6 is 0 Å². The Kier molecular flexibility index (Phi) is 3.24. The molecule has 0 aromatic heterocycles. The molecule has 0 unspecified atom stereocenters. The minimum atomic E-state index is -2.70. The normalized spacial score (nSPS) is 22.2. The van der Waals surface area contributed by atoms with Crippen molar-refractivity contribution in [3.63, 3.8) is 0 Å². The maximum absolute atomic E-state index is 12.8. The Morgan fingerprint density at radius 1 is 1.25 bits per heavy atom. The Morgan fingerprint density at radius 3 is 2.35 bits per heavy atom. The lowest BCUT2D eigenvalue weighted by Gasteiger charge is -2.39. The van der Waals surface area contributed by atoms with E-state index in [9.17, 15) is 13.6 Å². The minimum Gasteiger partial charge on any atom is -0.326 e. The highest BCUT2D eigenvalue weighted by Gasteiger charge is 2.46. The number of rotatable bonds is 3. The molecule has 20 heavy (non-hydrogen) atoms. The molecule has 2 heterocycles. The summed E-state index contributed by atoms with van der Waals surface area (Å²) in [5.41, 5.74) is 1.72. The number of halogens is 2. The van der Waals surface area contributed by atoms with Gasteiger partial charge in [0.15, 0.2) is 0 Å². The summed E-state index contributed by atoms with van der Waals surface area (Å²) in [5.74, 6) is -2.47. The molecule has 1 amide bonds. The zero-order chi connectivity index (χ0) is 14.3. The molecule has 5 heteroatoms. The van der Waals surface area contributed by atoms with Crippen LogP contribution in [0.5, 0.6) is 0 Å². The van der Waals surface area contributed by atoms with E-state index in [-0.39, 0.29) is 5.91 Å². The number of amides is 1. The molecule has 2 aliphatic rings. The van der Waals surface area contributed by atoms with Gasteiger partial charge in [0.1, 0.15) is 0 Å². The molecule has 0 bridgehead atoms. The molecule has 2 aliphatic heterocycles. The maximum atomic E-state index is 12.8. The molecule has 0 saturated carbocycles. The minimum absolute atomic E-state index is 0.300. The number of benzene rings is 1. The number of likely N-dealkylation sites (tertiary alicyclic amines) is 2.